The zero-order valence-corrected chi connectivity index (χ0v) is 14.6. The van der Waals surface area contributed by atoms with Gasteiger partial charge >= 0.3 is 4.87 Å². The number of hydrogen-bond acceptors (Lipinski definition) is 3. The van der Waals surface area contributed by atoms with Gasteiger partial charge in [0.15, 0.2) is 0 Å². The van der Waals surface area contributed by atoms with E-state index in [1.165, 1.54) is 63.1 Å². The number of unbranched alkanes of at least 4 members (excludes halogenated alkanes) is 1. The maximum Gasteiger partial charge on any atom is 0.308 e. The minimum Gasteiger partial charge on any atom is -0.303 e. The summed E-state index contributed by atoms with van der Waals surface area (Å²) in [6, 6.07) is 8.11. The lowest BCUT2D eigenvalue weighted by Gasteiger charge is -2.19. The first kappa shape index (κ1) is 17.5. The topological polar surface area (TPSA) is 25.2 Å². The van der Waals surface area contributed by atoms with Crippen LogP contribution in [0.25, 0.3) is 10.2 Å². The smallest absolute Gasteiger partial charge is 0.303 e. The minimum atomic E-state index is 0. The molecule has 0 aliphatic carbocycles. The molecule has 3 rings (SSSR count). The number of aromatic nitrogens is 1. The Balaban J connectivity index is 0.00000176. The molecule has 0 atom stereocenters. The summed E-state index contributed by atoms with van der Waals surface area (Å²) in [7, 11) is 0. The van der Waals surface area contributed by atoms with Crippen LogP contribution < -0.4 is 4.87 Å². The summed E-state index contributed by atoms with van der Waals surface area (Å²) in [5.41, 5.74) is 1.10. The predicted octanol–water partition coefficient (Wildman–Crippen LogP) is 4.14. The maximum atomic E-state index is 12.1. The minimum absolute atomic E-state index is 0. The summed E-state index contributed by atoms with van der Waals surface area (Å²) in [6.45, 7) is 4.58. The van der Waals surface area contributed by atoms with Crippen molar-refractivity contribution in [3.8, 4) is 0 Å². The SMILES string of the molecule is Cl.O=c1sc2ccccc2n1CCCCN1CCCCCC1. The van der Waals surface area contributed by atoms with Crippen molar-refractivity contribution in [2.24, 2.45) is 0 Å². The van der Waals surface area contributed by atoms with Crippen molar-refractivity contribution in [3.05, 3.63) is 33.9 Å². The first-order valence-electron chi connectivity index (χ1n) is 8.15. The standard InChI is InChI=1S/C17H24N2OS.ClH/c20-17-19(15-9-3-4-10-16(15)21-17)14-8-7-13-18-11-5-1-2-6-12-18;/h3-4,9-10H,1-2,5-8,11-14H2;1H. The van der Waals surface area contributed by atoms with Crippen LogP contribution in [0.2, 0.25) is 0 Å². The molecule has 122 valence electrons. The van der Waals surface area contributed by atoms with Gasteiger partial charge in [0.05, 0.1) is 10.2 Å². The lowest BCUT2D eigenvalue weighted by molar-refractivity contribution is 0.277. The third-order valence-electron chi connectivity index (χ3n) is 4.38. The van der Waals surface area contributed by atoms with Gasteiger partial charge in [-0.15, -0.1) is 12.4 Å². The number of likely N-dealkylation sites (tertiary alicyclic amines) is 1. The Morgan fingerprint density at radius 1 is 0.955 bits per heavy atom. The molecular weight excluding hydrogens is 316 g/mol. The molecule has 0 saturated carbocycles. The van der Waals surface area contributed by atoms with Gasteiger partial charge in [-0.1, -0.05) is 36.3 Å². The van der Waals surface area contributed by atoms with E-state index in [1.807, 2.05) is 22.8 Å². The summed E-state index contributed by atoms with van der Waals surface area (Å²) in [6.07, 6.45) is 7.79. The van der Waals surface area contributed by atoms with Gasteiger partial charge in [0, 0.05) is 6.54 Å². The Morgan fingerprint density at radius 2 is 1.64 bits per heavy atom. The van der Waals surface area contributed by atoms with E-state index in [0.29, 0.717) is 0 Å². The molecule has 0 N–H and O–H groups in total. The highest BCUT2D eigenvalue weighted by Crippen LogP contribution is 2.17. The normalized spacial score (nSPS) is 16.4. The number of halogens is 1. The molecule has 0 spiro atoms. The van der Waals surface area contributed by atoms with E-state index in [9.17, 15) is 4.79 Å². The van der Waals surface area contributed by atoms with E-state index in [0.717, 1.165) is 23.2 Å². The Hall–Kier alpha value is -0.840. The van der Waals surface area contributed by atoms with Gasteiger partial charge in [-0.05, 0) is 57.5 Å². The van der Waals surface area contributed by atoms with Gasteiger partial charge in [-0.2, -0.15) is 0 Å². The average molecular weight is 341 g/mol. The lowest BCUT2D eigenvalue weighted by Crippen LogP contribution is -2.26. The number of rotatable bonds is 5. The highest BCUT2D eigenvalue weighted by molar-refractivity contribution is 7.16. The van der Waals surface area contributed by atoms with Crippen molar-refractivity contribution in [2.45, 2.75) is 45.1 Å². The molecule has 1 saturated heterocycles. The fourth-order valence-electron chi connectivity index (χ4n) is 3.19. The highest BCUT2D eigenvalue weighted by atomic mass is 35.5. The molecule has 2 aromatic rings. The number of fused-ring (bicyclic) bond motifs is 1. The van der Waals surface area contributed by atoms with Gasteiger partial charge < -0.3 is 4.90 Å². The fraction of sp³-hybridized carbons (Fsp3) is 0.588. The predicted molar refractivity (Wildman–Crippen MR) is 97.5 cm³/mol. The molecule has 0 unspecified atom stereocenters. The second kappa shape index (κ2) is 8.70. The number of benzene rings is 1. The van der Waals surface area contributed by atoms with Crippen LogP contribution in [0.15, 0.2) is 29.1 Å². The molecule has 2 heterocycles. The molecule has 5 heteroatoms. The van der Waals surface area contributed by atoms with Crippen LogP contribution in [0, 0.1) is 0 Å². The number of nitrogens with zero attached hydrogens (tertiary/aromatic N) is 2. The van der Waals surface area contributed by atoms with Crippen molar-refractivity contribution in [3.63, 3.8) is 0 Å². The number of aryl methyl sites for hydroxylation is 1. The molecule has 1 aliphatic rings. The third-order valence-corrected chi connectivity index (χ3v) is 5.34. The Labute approximate surface area is 142 Å². The molecule has 1 aliphatic heterocycles. The van der Waals surface area contributed by atoms with Crippen LogP contribution in [0.1, 0.15) is 38.5 Å². The zero-order valence-electron chi connectivity index (χ0n) is 13.0. The van der Waals surface area contributed by atoms with E-state index in [4.69, 9.17) is 0 Å². The van der Waals surface area contributed by atoms with Gasteiger partial charge in [0.25, 0.3) is 0 Å². The van der Waals surface area contributed by atoms with Crippen LogP contribution in [-0.4, -0.2) is 29.1 Å². The molecule has 1 aromatic heterocycles. The first-order valence-corrected chi connectivity index (χ1v) is 8.97. The van der Waals surface area contributed by atoms with Crippen LogP contribution >= 0.6 is 23.7 Å². The maximum absolute atomic E-state index is 12.1. The third kappa shape index (κ3) is 4.34. The molecule has 1 fully saturated rings. The fourth-order valence-corrected chi connectivity index (χ4v) is 4.11. The van der Waals surface area contributed by atoms with E-state index < -0.39 is 0 Å². The summed E-state index contributed by atoms with van der Waals surface area (Å²) >= 11 is 1.36. The van der Waals surface area contributed by atoms with Crippen molar-refractivity contribution in [2.75, 3.05) is 19.6 Å². The largest absolute Gasteiger partial charge is 0.308 e. The molecule has 3 nitrogen and oxygen atoms in total. The second-order valence-electron chi connectivity index (χ2n) is 5.95. The van der Waals surface area contributed by atoms with E-state index in [-0.39, 0.29) is 17.3 Å². The summed E-state index contributed by atoms with van der Waals surface area (Å²) in [5, 5.41) is 0. The molecular formula is C17H25ClN2OS. The highest BCUT2D eigenvalue weighted by Gasteiger charge is 2.09. The molecule has 0 radical (unpaired) electrons. The second-order valence-corrected chi connectivity index (χ2v) is 6.94. The van der Waals surface area contributed by atoms with Gasteiger partial charge in [-0.3, -0.25) is 9.36 Å². The monoisotopic (exact) mass is 340 g/mol. The summed E-state index contributed by atoms with van der Waals surface area (Å²) < 4.78 is 3.05. The number of para-hydroxylation sites is 1. The molecule has 22 heavy (non-hydrogen) atoms. The van der Waals surface area contributed by atoms with Gasteiger partial charge in [-0.25, -0.2) is 0 Å². The molecule has 0 bridgehead atoms. The Bertz CT molecular complexity index is 629. The number of thiazole rings is 1. The van der Waals surface area contributed by atoms with E-state index >= 15 is 0 Å². The van der Waals surface area contributed by atoms with E-state index in [1.54, 1.807) is 0 Å². The summed E-state index contributed by atoms with van der Waals surface area (Å²) in [5.74, 6) is 0. The Morgan fingerprint density at radius 3 is 2.41 bits per heavy atom. The quantitative estimate of drug-likeness (QED) is 0.764. The lowest BCUT2D eigenvalue weighted by atomic mass is 10.2. The van der Waals surface area contributed by atoms with Crippen molar-refractivity contribution in [1.29, 1.82) is 0 Å². The van der Waals surface area contributed by atoms with E-state index in [2.05, 4.69) is 11.0 Å². The summed E-state index contributed by atoms with van der Waals surface area (Å²) in [4.78, 5) is 14.8. The Kier molecular flexibility index (Phi) is 6.93. The van der Waals surface area contributed by atoms with Crippen LogP contribution in [0.4, 0.5) is 0 Å². The molecule has 0 amide bonds. The molecule has 1 aromatic carbocycles. The number of hydrogen-bond donors (Lipinski definition) is 0. The van der Waals surface area contributed by atoms with Crippen molar-refractivity contribution >= 4 is 34.0 Å². The zero-order chi connectivity index (χ0) is 14.5. The van der Waals surface area contributed by atoms with Gasteiger partial charge in [0.2, 0.25) is 0 Å². The van der Waals surface area contributed by atoms with Crippen molar-refractivity contribution in [1.82, 2.24) is 9.47 Å². The van der Waals surface area contributed by atoms with Crippen LogP contribution in [0.5, 0.6) is 0 Å². The first-order chi connectivity index (χ1) is 10.3. The van der Waals surface area contributed by atoms with Crippen LogP contribution in [0.3, 0.4) is 0 Å². The van der Waals surface area contributed by atoms with Gasteiger partial charge in [0.1, 0.15) is 0 Å². The average Bonchev–Trinajstić information content (AvgIpc) is 2.67. The van der Waals surface area contributed by atoms with Crippen LogP contribution in [-0.2, 0) is 6.54 Å². The van der Waals surface area contributed by atoms with Crippen molar-refractivity contribution < 1.29 is 0 Å².